The maximum atomic E-state index is 12.1. The van der Waals surface area contributed by atoms with Crippen molar-refractivity contribution in [2.45, 2.75) is 39.0 Å². The van der Waals surface area contributed by atoms with Crippen molar-refractivity contribution in [3.8, 4) is 5.75 Å². The molecular weight excluding hydrogens is 396 g/mol. The molecule has 0 unspecified atom stereocenters. The second kappa shape index (κ2) is 9.96. The van der Waals surface area contributed by atoms with Gasteiger partial charge in [0.15, 0.2) is 0 Å². The summed E-state index contributed by atoms with van der Waals surface area (Å²) in [5, 5.41) is 33.7. The summed E-state index contributed by atoms with van der Waals surface area (Å²) in [4.78, 5) is 12.1. The molecule has 0 aliphatic rings. The van der Waals surface area contributed by atoms with Crippen LogP contribution in [0.5, 0.6) is 5.75 Å². The molecule has 0 saturated heterocycles. The van der Waals surface area contributed by atoms with Crippen molar-refractivity contribution < 1.29 is 24.9 Å². The molecule has 4 N–H and O–H groups in total. The first-order valence-electron chi connectivity index (χ1n) is 10.4. The van der Waals surface area contributed by atoms with Crippen molar-refractivity contribution in [3.05, 3.63) is 64.8 Å². The molecule has 0 aliphatic heterocycles. The van der Waals surface area contributed by atoms with Crippen LogP contribution >= 0.6 is 0 Å². The fourth-order valence-electron chi connectivity index (χ4n) is 3.72. The third-order valence-electron chi connectivity index (χ3n) is 5.45. The van der Waals surface area contributed by atoms with Gasteiger partial charge in [-0.25, -0.2) is 4.79 Å². The van der Waals surface area contributed by atoms with Crippen molar-refractivity contribution >= 4 is 16.9 Å². The Morgan fingerprint density at radius 1 is 1.19 bits per heavy atom. The number of aromatic hydroxyl groups is 1. The molecule has 1 heterocycles. The Hall–Kier alpha value is -2.87. The van der Waals surface area contributed by atoms with Crippen LogP contribution < -0.4 is 5.32 Å². The monoisotopic (exact) mass is 426 g/mol. The number of carbonyl (C=O) groups is 1. The minimum atomic E-state index is -0.753. The van der Waals surface area contributed by atoms with Gasteiger partial charge in [0.2, 0.25) is 0 Å². The highest BCUT2D eigenvalue weighted by atomic mass is 16.5. The van der Waals surface area contributed by atoms with Crippen LogP contribution in [0.15, 0.2) is 42.5 Å². The average Bonchev–Trinajstić information content (AvgIpc) is 3.08. The summed E-state index contributed by atoms with van der Waals surface area (Å²) in [6.07, 6.45) is 0.00104. The van der Waals surface area contributed by atoms with E-state index in [-0.39, 0.29) is 24.4 Å². The number of aryl methyl sites for hydroxylation is 1. The third-order valence-corrected chi connectivity index (χ3v) is 5.45. The van der Waals surface area contributed by atoms with Crippen molar-refractivity contribution in [1.82, 2.24) is 9.88 Å². The molecular formula is C24H30N2O5. The summed E-state index contributed by atoms with van der Waals surface area (Å²) in [6.45, 7) is 4.23. The molecule has 0 radical (unpaired) electrons. The van der Waals surface area contributed by atoms with Gasteiger partial charge in [-0.3, -0.25) is 0 Å². The summed E-state index contributed by atoms with van der Waals surface area (Å²) in [6, 6.07) is 12.8. The number of aliphatic hydroxyl groups excluding tert-OH is 2. The second-order valence-corrected chi connectivity index (χ2v) is 7.78. The van der Waals surface area contributed by atoms with Crippen LogP contribution in [0.1, 0.15) is 47.1 Å². The number of fused-ring (bicyclic) bond motifs is 1. The summed E-state index contributed by atoms with van der Waals surface area (Å²) in [5.41, 5.74) is 3.64. The van der Waals surface area contributed by atoms with Crippen LogP contribution in [-0.2, 0) is 24.8 Å². The van der Waals surface area contributed by atoms with E-state index in [1.165, 1.54) is 6.07 Å². The molecule has 0 bridgehead atoms. The molecule has 166 valence electrons. The number of aromatic nitrogens is 1. The number of aliphatic hydroxyl groups is 2. The largest absolute Gasteiger partial charge is 0.508 e. The summed E-state index contributed by atoms with van der Waals surface area (Å²) in [5.74, 6) is -0.312. The van der Waals surface area contributed by atoms with Gasteiger partial charge in [-0.1, -0.05) is 12.1 Å². The molecule has 0 spiro atoms. The normalized spacial score (nSPS) is 13.3. The maximum Gasteiger partial charge on any atom is 0.354 e. The van der Waals surface area contributed by atoms with E-state index in [2.05, 4.69) is 11.4 Å². The Bertz CT molecular complexity index is 1060. The number of benzene rings is 2. The molecule has 2 atom stereocenters. The van der Waals surface area contributed by atoms with E-state index in [9.17, 15) is 20.1 Å². The highest BCUT2D eigenvalue weighted by molar-refractivity contribution is 5.95. The smallest absolute Gasteiger partial charge is 0.354 e. The lowest BCUT2D eigenvalue weighted by Crippen LogP contribution is -2.32. The zero-order valence-corrected chi connectivity index (χ0v) is 18.1. The van der Waals surface area contributed by atoms with Crippen LogP contribution in [0.4, 0.5) is 0 Å². The number of hydrogen-bond donors (Lipinski definition) is 4. The van der Waals surface area contributed by atoms with E-state index >= 15 is 0 Å². The lowest BCUT2D eigenvalue weighted by molar-refractivity contribution is 0.0516. The molecule has 0 aliphatic carbocycles. The molecule has 0 amide bonds. The van der Waals surface area contributed by atoms with E-state index in [4.69, 9.17) is 4.74 Å². The predicted molar refractivity (Wildman–Crippen MR) is 119 cm³/mol. The van der Waals surface area contributed by atoms with E-state index in [0.29, 0.717) is 30.0 Å². The van der Waals surface area contributed by atoms with Crippen LogP contribution in [-0.4, -0.2) is 45.0 Å². The quantitative estimate of drug-likeness (QED) is 0.392. The van der Waals surface area contributed by atoms with Crippen LogP contribution in [0, 0.1) is 0 Å². The Balaban J connectivity index is 1.63. The Morgan fingerprint density at radius 3 is 2.68 bits per heavy atom. The molecule has 3 aromatic rings. The van der Waals surface area contributed by atoms with Gasteiger partial charge in [-0.2, -0.15) is 0 Å². The molecule has 0 fully saturated rings. The number of esters is 1. The van der Waals surface area contributed by atoms with E-state index in [1.54, 1.807) is 19.1 Å². The number of nitrogens with one attached hydrogen (secondary N) is 1. The molecule has 0 saturated carbocycles. The molecule has 31 heavy (non-hydrogen) atoms. The lowest BCUT2D eigenvalue weighted by Gasteiger charge is -2.18. The van der Waals surface area contributed by atoms with Gasteiger partial charge in [0, 0.05) is 36.1 Å². The maximum absolute atomic E-state index is 12.1. The van der Waals surface area contributed by atoms with Gasteiger partial charge >= 0.3 is 5.97 Å². The first-order chi connectivity index (χ1) is 14.8. The van der Waals surface area contributed by atoms with Crippen molar-refractivity contribution in [3.63, 3.8) is 0 Å². The van der Waals surface area contributed by atoms with Crippen LogP contribution in [0.2, 0.25) is 0 Å². The van der Waals surface area contributed by atoms with Gasteiger partial charge in [-0.15, -0.1) is 0 Å². The molecule has 7 nitrogen and oxygen atoms in total. The van der Waals surface area contributed by atoms with Gasteiger partial charge in [0.1, 0.15) is 11.4 Å². The minimum Gasteiger partial charge on any atom is -0.508 e. The zero-order chi connectivity index (χ0) is 22.5. The number of carbonyl (C=O) groups excluding carboxylic acids is 1. The van der Waals surface area contributed by atoms with Gasteiger partial charge < -0.3 is 29.9 Å². The summed E-state index contributed by atoms with van der Waals surface area (Å²) < 4.78 is 6.96. The molecule has 1 aromatic heterocycles. The lowest BCUT2D eigenvalue weighted by atomic mass is 10.0. The highest BCUT2D eigenvalue weighted by Gasteiger charge is 2.16. The van der Waals surface area contributed by atoms with Crippen LogP contribution in [0.25, 0.3) is 10.9 Å². The van der Waals surface area contributed by atoms with Crippen molar-refractivity contribution in [2.24, 2.45) is 7.05 Å². The van der Waals surface area contributed by atoms with Gasteiger partial charge in [0.05, 0.1) is 19.3 Å². The van der Waals surface area contributed by atoms with Crippen molar-refractivity contribution in [1.29, 1.82) is 0 Å². The Kier molecular flexibility index (Phi) is 7.33. The number of phenols is 1. The van der Waals surface area contributed by atoms with E-state index < -0.39 is 6.10 Å². The molecule has 2 aromatic carbocycles. The fourth-order valence-corrected chi connectivity index (χ4v) is 3.72. The first kappa shape index (κ1) is 22.8. The van der Waals surface area contributed by atoms with Gasteiger partial charge in [0.25, 0.3) is 0 Å². The number of hydrogen-bond acceptors (Lipinski definition) is 6. The number of ether oxygens (including phenoxy) is 1. The topological polar surface area (TPSA) is 104 Å². The summed E-state index contributed by atoms with van der Waals surface area (Å²) >= 11 is 0. The standard InChI is InChI=1S/C24H30N2O5/c1-4-31-24(30)21-12-18-10-16(5-7-20(18)26(21)3)9-15(2)25-13-23(29)17-6-8-22(28)19(11-17)14-27/h5-8,10-12,15,23,25,27-29H,4,9,13-14H2,1-3H3/t15-,23+/m1/s1. The SMILES string of the molecule is CCOC(=O)c1cc2cc(C[C@@H](C)NC[C@H](O)c3ccc(O)c(CO)c3)ccc2n1C. The highest BCUT2D eigenvalue weighted by Crippen LogP contribution is 2.23. The number of nitrogens with zero attached hydrogens (tertiary/aromatic N) is 1. The molecule has 7 heteroatoms. The fraction of sp³-hybridized carbons (Fsp3) is 0.375. The Labute approximate surface area is 181 Å². The van der Waals surface area contributed by atoms with E-state index in [0.717, 1.165) is 22.9 Å². The van der Waals surface area contributed by atoms with Crippen LogP contribution in [0.3, 0.4) is 0 Å². The summed E-state index contributed by atoms with van der Waals surface area (Å²) in [7, 11) is 1.85. The van der Waals surface area contributed by atoms with E-state index in [1.807, 2.05) is 36.7 Å². The van der Waals surface area contributed by atoms with Gasteiger partial charge in [-0.05, 0) is 61.7 Å². The minimum absolute atomic E-state index is 0.0159. The zero-order valence-electron chi connectivity index (χ0n) is 18.1. The predicted octanol–water partition coefficient (Wildman–Crippen LogP) is 2.81. The average molecular weight is 427 g/mol. The first-order valence-corrected chi connectivity index (χ1v) is 10.4. The van der Waals surface area contributed by atoms with Crippen molar-refractivity contribution in [2.75, 3.05) is 13.2 Å². The molecule has 3 rings (SSSR count). The Morgan fingerprint density at radius 2 is 1.97 bits per heavy atom. The third kappa shape index (κ3) is 5.25. The number of rotatable bonds is 9. The second-order valence-electron chi connectivity index (χ2n) is 7.78.